The van der Waals surface area contributed by atoms with Crippen molar-refractivity contribution in [3.63, 3.8) is 0 Å². The van der Waals surface area contributed by atoms with E-state index in [2.05, 4.69) is 47.5 Å². The minimum atomic E-state index is 0.137. The largest absolute Gasteiger partial charge is 0.340 e. The molecule has 0 fully saturated rings. The highest BCUT2D eigenvalue weighted by molar-refractivity contribution is 6.31. The van der Waals surface area contributed by atoms with E-state index in [4.69, 9.17) is 23.2 Å². The molecule has 4 nitrogen and oxygen atoms in total. The molecular weight excluding hydrogens is 259 g/mol. The second kappa shape index (κ2) is 6.36. The Hall–Kier alpha value is -0.610. The first-order chi connectivity index (χ1) is 7.88. The molecular formula is C11H18Cl2N4. The molecule has 0 saturated heterocycles. The highest BCUT2D eigenvalue weighted by atomic mass is 35.5. The Bertz CT molecular complexity index is 338. The van der Waals surface area contributed by atoms with Gasteiger partial charge in [-0.1, -0.05) is 27.7 Å². The first-order valence-corrected chi connectivity index (χ1v) is 6.46. The normalized spacial score (nSPS) is 11.3. The van der Waals surface area contributed by atoms with Gasteiger partial charge in [0.1, 0.15) is 0 Å². The first kappa shape index (κ1) is 14.5. The van der Waals surface area contributed by atoms with Crippen LogP contribution in [0.5, 0.6) is 0 Å². The van der Waals surface area contributed by atoms with Crippen LogP contribution < -0.4 is 4.90 Å². The van der Waals surface area contributed by atoms with Crippen LogP contribution in [0.3, 0.4) is 0 Å². The summed E-state index contributed by atoms with van der Waals surface area (Å²) in [5, 5.41) is 0.273. The summed E-state index contributed by atoms with van der Waals surface area (Å²) in [6, 6.07) is 0. The van der Waals surface area contributed by atoms with Gasteiger partial charge in [-0.25, -0.2) is 0 Å². The van der Waals surface area contributed by atoms with Crippen molar-refractivity contribution in [2.75, 3.05) is 18.0 Å². The van der Waals surface area contributed by atoms with E-state index < -0.39 is 0 Å². The van der Waals surface area contributed by atoms with Gasteiger partial charge in [-0.05, 0) is 35.0 Å². The van der Waals surface area contributed by atoms with Gasteiger partial charge in [-0.2, -0.15) is 15.0 Å². The first-order valence-electron chi connectivity index (χ1n) is 5.70. The highest BCUT2D eigenvalue weighted by Crippen LogP contribution is 2.16. The lowest BCUT2D eigenvalue weighted by atomic mass is 10.1. The second-order valence-corrected chi connectivity index (χ2v) is 5.54. The zero-order valence-electron chi connectivity index (χ0n) is 10.6. The van der Waals surface area contributed by atoms with Gasteiger partial charge >= 0.3 is 0 Å². The maximum atomic E-state index is 5.79. The summed E-state index contributed by atoms with van der Waals surface area (Å²) < 4.78 is 0. The average Bonchev–Trinajstić information content (AvgIpc) is 2.13. The zero-order chi connectivity index (χ0) is 13.0. The molecule has 1 heterocycles. The van der Waals surface area contributed by atoms with Crippen molar-refractivity contribution in [1.29, 1.82) is 0 Å². The molecule has 0 aliphatic heterocycles. The molecule has 6 heteroatoms. The van der Waals surface area contributed by atoms with E-state index in [1.54, 1.807) is 0 Å². The van der Waals surface area contributed by atoms with Gasteiger partial charge in [0.2, 0.25) is 16.5 Å². The number of aromatic nitrogens is 3. The van der Waals surface area contributed by atoms with Gasteiger partial charge in [0.25, 0.3) is 0 Å². The predicted octanol–water partition coefficient (Wildman–Crippen LogP) is 3.30. The fourth-order valence-electron chi connectivity index (χ4n) is 1.58. The molecule has 1 aromatic rings. The van der Waals surface area contributed by atoms with Gasteiger partial charge in [0.05, 0.1) is 0 Å². The molecule has 0 aliphatic carbocycles. The minimum absolute atomic E-state index is 0.137. The quantitative estimate of drug-likeness (QED) is 0.828. The number of anilines is 1. The van der Waals surface area contributed by atoms with Crippen LogP contribution in [0.15, 0.2) is 0 Å². The van der Waals surface area contributed by atoms with Crippen molar-refractivity contribution in [2.45, 2.75) is 27.7 Å². The number of nitrogens with zero attached hydrogens (tertiary/aromatic N) is 4. The van der Waals surface area contributed by atoms with Crippen LogP contribution in [0.4, 0.5) is 5.95 Å². The van der Waals surface area contributed by atoms with Crippen LogP contribution in [0.25, 0.3) is 0 Å². The fraction of sp³-hybridized carbons (Fsp3) is 0.727. The number of rotatable bonds is 5. The monoisotopic (exact) mass is 276 g/mol. The van der Waals surface area contributed by atoms with E-state index in [0.717, 1.165) is 13.1 Å². The topological polar surface area (TPSA) is 41.9 Å². The Morgan fingerprint density at radius 3 is 1.65 bits per heavy atom. The molecule has 0 spiro atoms. The zero-order valence-corrected chi connectivity index (χ0v) is 12.1. The molecule has 17 heavy (non-hydrogen) atoms. The predicted molar refractivity (Wildman–Crippen MR) is 71.7 cm³/mol. The van der Waals surface area contributed by atoms with Crippen molar-refractivity contribution in [1.82, 2.24) is 15.0 Å². The van der Waals surface area contributed by atoms with E-state index in [1.807, 2.05) is 0 Å². The Balaban J connectivity index is 2.94. The van der Waals surface area contributed by atoms with Crippen LogP contribution >= 0.6 is 23.2 Å². The summed E-state index contributed by atoms with van der Waals surface area (Å²) in [5.41, 5.74) is 0. The standard InChI is InChI=1S/C11H18Cl2N4/c1-7(2)5-17(6-8(3)4)11-15-9(12)14-10(13)16-11/h7-8H,5-6H2,1-4H3. The molecule has 1 rings (SSSR count). The number of hydrogen-bond acceptors (Lipinski definition) is 4. The summed E-state index contributed by atoms with van der Waals surface area (Å²) in [5.74, 6) is 1.59. The van der Waals surface area contributed by atoms with Crippen LogP contribution in [0.2, 0.25) is 10.6 Å². The van der Waals surface area contributed by atoms with Crippen LogP contribution in [-0.2, 0) is 0 Å². The molecule has 1 aromatic heterocycles. The summed E-state index contributed by atoms with van der Waals surface area (Å²) in [6.45, 7) is 10.3. The van der Waals surface area contributed by atoms with Crippen LogP contribution in [0.1, 0.15) is 27.7 Å². The fourth-order valence-corrected chi connectivity index (χ4v) is 1.93. The lowest BCUT2D eigenvalue weighted by Gasteiger charge is -2.26. The third-order valence-electron chi connectivity index (χ3n) is 2.02. The summed E-state index contributed by atoms with van der Waals surface area (Å²) in [4.78, 5) is 14.1. The Morgan fingerprint density at radius 2 is 1.29 bits per heavy atom. The van der Waals surface area contributed by atoms with Crippen molar-refractivity contribution >= 4 is 29.2 Å². The summed E-state index contributed by atoms with van der Waals surface area (Å²) in [7, 11) is 0. The van der Waals surface area contributed by atoms with Crippen molar-refractivity contribution < 1.29 is 0 Å². The van der Waals surface area contributed by atoms with Crippen molar-refractivity contribution in [2.24, 2.45) is 11.8 Å². The Kier molecular flexibility index (Phi) is 5.40. The van der Waals surface area contributed by atoms with Gasteiger partial charge < -0.3 is 4.90 Å². The molecule has 0 aromatic carbocycles. The molecule has 0 unspecified atom stereocenters. The molecule has 0 atom stereocenters. The molecule has 0 bridgehead atoms. The van der Waals surface area contributed by atoms with E-state index >= 15 is 0 Å². The smallest absolute Gasteiger partial charge is 0.230 e. The Labute approximate surface area is 112 Å². The second-order valence-electron chi connectivity index (χ2n) is 4.87. The van der Waals surface area contributed by atoms with E-state index in [-0.39, 0.29) is 10.6 Å². The maximum Gasteiger partial charge on any atom is 0.230 e. The van der Waals surface area contributed by atoms with Crippen molar-refractivity contribution in [3.05, 3.63) is 10.6 Å². The minimum Gasteiger partial charge on any atom is -0.340 e. The number of hydrogen-bond donors (Lipinski definition) is 0. The molecule has 0 aliphatic rings. The molecule has 0 radical (unpaired) electrons. The molecule has 0 N–H and O–H groups in total. The lowest BCUT2D eigenvalue weighted by Crippen LogP contribution is -2.33. The average molecular weight is 277 g/mol. The maximum absolute atomic E-state index is 5.79. The highest BCUT2D eigenvalue weighted by Gasteiger charge is 2.15. The van der Waals surface area contributed by atoms with Crippen LogP contribution in [0, 0.1) is 11.8 Å². The lowest BCUT2D eigenvalue weighted by molar-refractivity contribution is 0.543. The Morgan fingerprint density at radius 1 is 0.882 bits per heavy atom. The van der Waals surface area contributed by atoms with E-state index in [0.29, 0.717) is 17.8 Å². The van der Waals surface area contributed by atoms with Gasteiger partial charge in [-0.15, -0.1) is 0 Å². The van der Waals surface area contributed by atoms with E-state index in [9.17, 15) is 0 Å². The third-order valence-corrected chi connectivity index (χ3v) is 2.36. The van der Waals surface area contributed by atoms with Crippen molar-refractivity contribution in [3.8, 4) is 0 Å². The summed E-state index contributed by atoms with van der Waals surface area (Å²) in [6.07, 6.45) is 0. The SMILES string of the molecule is CC(C)CN(CC(C)C)c1nc(Cl)nc(Cl)n1. The molecule has 96 valence electrons. The molecule has 0 amide bonds. The van der Waals surface area contributed by atoms with E-state index in [1.165, 1.54) is 0 Å². The van der Waals surface area contributed by atoms with Gasteiger partial charge in [0.15, 0.2) is 0 Å². The van der Waals surface area contributed by atoms with Gasteiger partial charge in [0, 0.05) is 13.1 Å². The van der Waals surface area contributed by atoms with Gasteiger partial charge in [-0.3, -0.25) is 0 Å². The summed E-state index contributed by atoms with van der Waals surface area (Å²) >= 11 is 11.6. The molecule has 0 saturated carbocycles. The van der Waals surface area contributed by atoms with Crippen LogP contribution in [-0.4, -0.2) is 28.0 Å². The number of halogens is 2. The third kappa shape index (κ3) is 5.04.